The minimum atomic E-state index is -0.676. The quantitative estimate of drug-likeness (QED) is 0.322. The smallest absolute Gasteiger partial charge is 0.316 e. The topological polar surface area (TPSA) is 43.4 Å². The molecule has 0 saturated heterocycles. The van der Waals surface area contributed by atoms with Gasteiger partial charge in [0.1, 0.15) is 11.7 Å². The summed E-state index contributed by atoms with van der Waals surface area (Å²) in [6.45, 7) is 13.3. The van der Waals surface area contributed by atoms with Crippen LogP contribution in [0, 0.1) is 5.92 Å². The number of carbonyl (C=O) groups excluding carboxylic acids is 2. The van der Waals surface area contributed by atoms with E-state index in [4.69, 9.17) is 4.74 Å². The second-order valence-electron chi connectivity index (χ2n) is 5.29. The van der Waals surface area contributed by atoms with Crippen LogP contribution in [0.3, 0.4) is 0 Å². The summed E-state index contributed by atoms with van der Waals surface area (Å²) in [6, 6.07) is 0. The van der Waals surface area contributed by atoms with Crippen molar-refractivity contribution in [3.8, 4) is 0 Å². The lowest BCUT2D eigenvalue weighted by Gasteiger charge is -2.10. The molecule has 0 N–H and O–H groups in total. The molecule has 0 saturated carbocycles. The molecule has 0 aromatic rings. The number of rotatable bonds is 11. The zero-order chi connectivity index (χ0) is 16.3. The van der Waals surface area contributed by atoms with Crippen LogP contribution in [0.1, 0.15) is 52.9 Å². The highest BCUT2D eigenvalue weighted by Gasteiger charge is 2.22. The molecule has 21 heavy (non-hydrogen) atoms. The van der Waals surface area contributed by atoms with Gasteiger partial charge in [0, 0.05) is 6.42 Å². The molecule has 0 aliphatic heterocycles. The average Bonchev–Trinajstić information content (AvgIpc) is 2.43. The molecule has 0 aromatic carbocycles. The van der Waals surface area contributed by atoms with Crippen LogP contribution in [0.5, 0.6) is 0 Å². The van der Waals surface area contributed by atoms with Crippen LogP contribution in [-0.2, 0) is 14.3 Å². The van der Waals surface area contributed by atoms with Gasteiger partial charge in [-0.3, -0.25) is 9.59 Å². The minimum Gasteiger partial charge on any atom is -0.465 e. The van der Waals surface area contributed by atoms with Crippen LogP contribution < -0.4 is 0 Å². The highest BCUT2D eigenvalue weighted by molar-refractivity contribution is 5.98. The lowest BCUT2D eigenvalue weighted by Crippen LogP contribution is -2.23. The Labute approximate surface area is 128 Å². The molecule has 0 aliphatic rings. The Hall–Kier alpha value is -1.64. The van der Waals surface area contributed by atoms with Crippen LogP contribution in [0.25, 0.3) is 0 Å². The number of hydrogen-bond donors (Lipinski definition) is 0. The van der Waals surface area contributed by atoms with E-state index in [9.17, 15) is 9.59 Å². The Kier molecular flexibility index (Phi) is 10.2. The van der Waals surface area contributed by atoms with Crippen molar-refractivity contribution in [3.63, 3.8) is 0 Å². The Morgan fingerprint density at radius 3 is 2.43 bits per heavy atom. The van der Waals surface area contributed by atoms with Gasteiger partial charge in [0.2, 0.25) is 0 Å². The van der Waals surface area contributed by atoms with Gasteiger partial charge in [0.25, 0.3) is 0 Å². The molecule has 0 heterocycles. The maximum atomic E-state index is 12.0. The van der Waals surface area contributed by atoms with Gasteiger partial charge in [0.15, 0.2) is 0 Å². The van der Waals surface area contributed by atoms with Gasteiger partial charge in [-0.2, -0.15) is 0 Å². The van der Waals surface area contributed by atoms with Crippen molar-refractivity contribution in [3.05, 3.63) is 36.5 Å². The summed E-state index contributed by atoms with van der Waals surface area (Å²) < 4.78 is 4.87. The van der Waals surface area contributed by atoms with Crippen LogP contribution in [0.4, 0.5) is 0 Å². The summed E-state index contributed by atoms with van der Waals surface area (Å²) in [6.07, 6.45) is 7.69. The van der Waals surface area contributed by atoms with Crippen molar-refractivity contribution in [2.75, 3.05) is 6.61 Å². The van der Waals surface area contributed by atoms with E-state index in [1.54, 1.807) is 13.8 Å². The van der Waals surface area contributed by atoms with Crippen molar-refractivity contribution < 1.29 is 14.3 Å². The molecule has 0 rings (SSSR count). The zero-order valence-corrected chi connectivity index (χ0v) is 13.6. The molecule has 1 atom stereocenters. The fourth-order valence-corrected chi connectivity index (χ4v) is 1.89. The van der Waals surface area contributed by atoms with Gasteiger partial charge in [-0.05, 0) is 46.5 Å². The predicted molar refractivity (Wildman–Crippen MR) is 87.0 cm³/mol. The molecular weight excluding hydrogens is 264 g/mol. The molecule has 1 unspecified atom stereocenters. The molecule has 118 valence electrons. The number of Topliss-reactive ketones (excluding diaryl/α,β-unsaturated/α-hetero) is 1. The van der Waals surface area contributed by atoms with Gasteiger partial charge in [-0.15, -0.1) is 13.2 Å². The normalized spacial score (nSPS) is 12.6. The van der Waals surface area contributed by atoms with Crippen LogP contribution >= 0.6 is 0 Å². The Bertz CT molecular complexity index is 405. The molecule has 0 radical (unpaired) electrons. The van der Waals surface area contributed by atoms with E-state index >= 15 is 0 Å². The fourth-order valence-electron chi connectivity index (χ4n) is 1.89. The van der Waals surface area contributed by atoms with Gasteiger partial charge >= 0.3 is 5.97 Å². The first-order chi connectivity index (χ1) is 9.92. The first kappa shape index (κ1) is 19.4. The first-order valence-electron chi connectivity index (χ1n) is 7.54. The number of carbonyl (C=O) groups is 2. The van der Waals surface area contributed by atoms with E-state index in [0.29, 0.717) is 19.4 Å². The second kappa shape index (κ2) is 11.1. The first-order valence-corrected chi connectivity index (χ1v) is 7.54. The average molecular weight is 292 g/mol. The molecular formula is C18H28O3. The third kappa shape index (κ3) is 9.01. The fraction of sp³-hybridized carbons (Fsp3) is 0.556. The predicted octanol–water partition coefficient (Wildman–Crippen LogP) is 4.39. The van der Waals surface area contributed by atoms with Crippen molar-refractivity contribution in [2.45, 2.75) is 52.9 Å². The van der Waals surface area contributed by atoms with Gasteiger partial charge in [0.05, 0.1) is 6.61 Å². The Balaban J connectivity index is 4.40. The zero-order valence-electron chi connectivity index (χ0n) is 13.6. The summed E-state index contributed by atoms with van der Waals surface area (Å²) in [7, 11) is 0. The van der Waals surface area contributed by atoms with Crippen molar-refractivity contribution in [1.82, 2.24) is 0 Å². The summed E-state index contributed by atoms with van der Waals surface area (Å²) in [4.78, 5) is 23.5. The summed E-state index contributed by atoms with van der Waals surface area (Å²) in [5.41, 5.74) is 2.34. The molecule has 0 amide bonds. The second-order valence-corrected chi connectivity index (χ2v) is 5.29. The molecule has 3 nitrogen and oxygen atoms in total. The summed E-state index contributed by atoms with van der Waals surface area (Å²) in [5.74, 6) is -1.17. The third-order valence-corrected chi connectivity index (χ3v) is 3.23. The van der Waals surface area contributed by atoms with E-state index in [1.165, 1.54) is 5.57 Å². The van der Waals surface area contributed by atoms with E-state index < -0.39 is 11.9 Å². The molecule has 0 bridgehead atoms. The SMILES string of the molecule is C=CC/C(=C\CCC(=C)C)CCC(=O)C(C)C(=O)OCC. The molecule has 0 aliphatic carbocycles. The number of ketones is 1. The summed E-state index contributed by atoms with van der Waals surface area (Å²) in [5, 5.41) is 0. The lowest BCUT2D eigenvalue weighted by atomic mass is 9.97. The number of ether oxygens (including phenoxy) is 1. The lowest BCUT2D eigenvalue weighted by molar-refractivity contribution is -0.150. The van der Waals surface area contributed by atoms with E-state index in [2.05, 4.69) is 19.2 Å². The minimum absolute atomic E-state index is 0.0664. The van der Waals surface area contributed by atoms with E-state index in [1.807, 2.05) is 13.0 Å². The Morgan fingerprint density at radius 2 is 1.90 bits per heavy atom. The van der Waals surface area contributed by atoms with Crippen LogP contribution in [0.15, 0.2) is 36.5 Å². The van der Waals surface area contributed by atoms with Crippen molar-refractivity contribution in [2.24, 2.45) is 5.92 Å². The highest BCUT2D eigenvalue weighted by Crippen LogP contribution is 2.16. The maximum Gasteiger partial charge on any atom is 0.316 e. The van der Waals surface area contributed by atoms with Crippen LogP contribution in [-0.4, -0.2) is 18.4 Å². The van der Waals surface area contributed by atoms with Crippen molar-refractivity contribution in [1.29, 1.82) is 0 Å². The molecule has 0 fully saturated rings. The third-order valence-electron chi connectivity index (χ3n) is 3.23. The van der Waals surface area contributed by atoms with Gasteiger partial charge in [-0.1, -0.05) is 23.3 Å². The van der Waals surface area contributed by atoms with E-state index in [-0.39, 0.29) is 5.78 Å². The Morgan fingerprint density at radius 1 is 1.24 bits per heavy atom. The molecule has 3 heteroatoms. The standard InChI is InChI=1S/C18H28O3/c1-6-9-16(11-8-10-14(3)4)12-13-17(19)15(5)18(20)21-7-2/h6,11,15H,1,3,7-10,12-13H2,2,4-5H3/b16-11+. The van der Waals surface area contributed by atoms with Crippen molar-refractivity contribution >= 4 is 11.8 Å². The molecule has 0 aromatic heterocycles. The maximum absolute atomic E-state index is 12.0. The molecule has 0 spiro atoms. The van der Waals surface area contributed by atoms with Gasteiger partial charge < -0.3 is 4.74 Å². The largest absolute Gasteiger partial charge is 0.465 e. The van der Waals surface area contributed by atoms with Crippen LogP contribution in [0.2, 0.25) is 0 Å². The monoisotopic (exact) mass is 292 g/mol. The summed E-state index contributed by atoms with van der Waals surface area (Å²) >= 11 is 0. The number of esters is 1. The van der Waals surface area contributed by atoms with E-state index in [0.717, 1.165) is 24.8 Å². The highest BCUT2D eigenvalue weighted by atomic mass is 16.5. The number of allylic oxidation sites excluding steroid dienone is 4. The number of hydrogen-bond acceptors (Lipinski definition) is 3. The van der Waals surface area contributed by atoms with Gasteiger partial charge in [-0.25, -0.2) is 0 Å².